The zero-order chi connectivity index (χ0) is 10.7. The molecule has 2 heterocycles. The van der Waals surface area contributed by atoms with Crippen LogP contribution in [0.2, 0.25) is 0 Å². The number of carbonyl (C=O) groups is 2. The van der Waals surface area contributed by atoms with Gasteiger partial charge in [0, 0.05) is 4.75 Å². The van der Waals surface area contributed by atoms with E-state index in [0.717, 1.165) is 0 Å². The zero-order valence-corrected chi connectivity index (χ0v) is 8.71. The largest absolute Gasteiger partial charge is 0.548 e. The SMILES string of the molecule is CC1(C)SC2C(N)C(=O)N2C1C(=O)[O-]. The Hall–Kier alpha value is -0.750. The van der Waals surface area contributed by atoms with Crippen molar-refractivity contribution in [1.82, 2.24) is 4.90 Å². The third-order valence-corrected chi connectivity index (χ3v) is 4.30. The fourth-order valence-corrected chi connectivity index (χ4v) is 3.59. The lowest BCUT2D eigenvalue weighted by atomic mass is 9.96. The van der Waals surface area contributed by atoms with Crippen molar-refractivity contribution in [2.75, 3.05) is 0 Å². The van der Waals surface area contributed by atoms with E-state index in [2.05, 4.69) is 0 Å². The fourth-order valence-electron chi connectivity index (χ4n) is 2.02. The fraction of sp³-hybridized carbons (Fsp3) is 0.750. The molecule has 2 N–H and O–H groups in total. The van der Waals surface area contributed by atoms with Crippen molar-refractivity contribution in [3.8, 4) is 0 Å². The second-order valence-electron chi connectivity index (χ2n) is 4.10. The van der Waals surface area contributed by atoms with Crippen LogP contribution >= 0.6 is 11.8 Å². The van der Waals surface area contributed by atoms with Gasteiger partial charge in [-0.15, -0.1) is 11.8 Å². The maximum absolute atomic E-state index is 11.3. The molecule has 0 aliphatic carbocycles. The molecule has 14 heavy (non-hydrogen) atoms. The van der Waals surface area contributed by atoms with Crippen LogP contribution in [0.1, 0.15) is 13.8 Å². The van der Waals surface area contributed by atoms with Crippen LogP contribution in [0, 0.1) is 0 Å². The Morgan fingerprint density at radius 1 is 1.64 bits per heavy atom. The van der Waals surface area contributed by atoms with Gasteiger partial charge in [0.25, 0.3) is 0 Å². The van der Waals surface area contributed by atoms with Crippen molar-refractivity contribution in [3.63, 3.8) is 0 Å². The molecule has 78 valence electrons. The number of aliphatic carboxylic acids is 1. The van der Waals surface area contributed by atoms with Crippen molar-refractivity contribution in [3.05, 3.63) is 0 Å². The molecule has 1 amide bonds. The molecular formula is C8H11N2O3S-. The van der Waals surface area contributed by atoms with Crippen LogP contribution in [0.4, 0.5) is 0 Å². The average Bonchev–Trinajstić information content (AvgIpc) is 2.34. The number of amides is 1. The van der Waals surface area contributed by atoms with Gasteiger partial charge in [-0.1, -0.05) is 0 Å². The van der Waals surface area contributed by atoms with Crippen molar-refractivity contribution < 1.29 is 14.7 Å². The van der Waals surface area contributed by atoms with Crippen LogP contribution in [0.5, 0.6) is 0 Å². The van der Waals surface area contributed by atoms with E-state index in [1.807, 2.05) is 0 Å². The first-order chi connectivity index (χ1) is 6.36. The first-order valence-corrected chi connectivity index (χ1v) is 5.20. The summed E-state index contributed by atoms with van der Waals surface area (Å²) in [5, 5.41) is 10.7. The highest BCUT2D eigenvalue weighted by atomic mass is 32.2. The molecular weight excluding hydrogens is 204 g/mol. The molecule has 2 aliphatic heterocycles. The molecule has 0 spiro atoms. The number of nitrogens with zero attached hydrogens (tertiary/aromatic N) is 1. The number of hydrogen-bond donors (Lipinski definition) is 1. The maximum atomic E-state index is 11.3. The number of rotatable bonds is 1. The molecule has 0 aromatic carbocycles. The predicted molar refractivity (Wildman–Crippen MR) is 49.1 cm³/mol. The van der Waals surface area contributed by atoms with Crippen molar-refractivity contribution >= 4 is 23.6 Å². The first kappa shape index (κ1) is 9.79. The summed E-state index contributed by atoms with van der Waals surface area (Å²) < 4.78 is -0.521. The van der Waals surface area contributed by atoms with E-state index >= 15 is 0 Å². The van der Waals surface area contributed by atoms with Crippen molar-refractivity contribution in [2.45, 2.75) is 36.1 Å². The minimum absolute atomic E-state index is 0.194. The molecule has 2 saturated heterocycles. The molecule has 3 atom stereocenters. The number of carboxylic acid groups (broad SMARTS) is 1. The number of carboxylic acids is 1. The van der Waals surface area contributed by atoms with Crippen LogP contribution in [-0.4, -0.2) is 39.0 Å². The molecule has 2 rings (SSSR count). The Morgan fingerprint density at radius 3 is 2.71 bits per heavy atom. The van der Waals surface area contributed by atoms with E-state index in [0.29, 0.717) is 0 Å². The standard InChI is InChI=1S/C8H12N2O3S/c1-8(2)4(7(12)13)10-5(11)3(9)6(10)14-8/h3-4,6H,9H2,1-2H3,(H,12,13)/p-1. The summed E-state index contributed by atoms with van der Waals surface area (Å²) in [6.45, 7) is 3.58. The second-order valence-corrected chi connectivity index (χ2v) is 5.88. The molecule has 2 fully saturated rings. The molecule has 0 aromatic rings. The quantitative estimate of drug-likeness (QED) is 0.518. The van der Waals surface area contributed by atoms with Crippen LogP contribution in [0.25, 0.3) is 0 Å². The van der Waals surface area contributed by atoms with Gasteiger partial charge in [0.05, 0.1) is 12.0 Å². The second kappa shape index (κ2) is 2.64. The Labute approximate surface area is 85.6 Å². The highest BCUT2D eigenvalue weighted by Gasteiger charge is 2.60. The number of fused-ring (bicyclic) bond motifs is 1. The van der Waals surface area contributed by atoms with E-state index in [9.17, 15) is 14.7 Å². The Balaban J connectivity index is 2.32. The minimum atomic E-state index is -1.20. The van der Waals surface area contributed by atoms with Gasteiger partial charge in [0.15, 0.2) is 0 Å². The highest BCUT2D eigenvalue weighted by Crippen LogP contribution is 2.49. The van der Waals surface area contributed by atoms with Gasteiger partial charge < -0.3 is 20.5 Å². The molecule has 0 aromatic heterocycles. The summed E-state index contributed by atoms with van der Waals surface area (Å²) >= 11 is 1.43. The topological polar surface area (TPSA) is 86.5 Å². The smallest absolute Gasteiger partial charge is 0.244 e. The number of thioether (sulfide) groups is 1. The van der Waals surface area contributed by atoms with Crippen LogP contribution in [0.3, 0.4) is 0 Å². The van der Waals surface area contributed by atoms with Gasteiger partial charge in [0.2, 0.25) is 5.91 Å². The normalized spacial score (nSPS) is 39.2. The van der Waals surface area contributed by atoms with Crippen LogP contribution in [0.15, 0.2) is 0 Å². The van der Waals surface area contributed by atoms with Crippen molar-refractivity contribution in [2.24, 2.45) is 5.73 Å². The summed E-state index contributed by atoms with van der Waals surface area (Å²) in [4.78, 5) is 23.6. The molecule has 5 nitrogen and oxygen atoms in total. The molecule has 6 heteroatoms. The summed E-state index contributed by atoms with van der Waals surface area (Å²) in [5.41, 5.74) is 5.57. The van der Waals surface area contributed by atoms with E-state index < -0.39 is 22.8 Å². The third-order valence-electron chi connectivity index (χ3n) is 2.71. The molecule has 3 unspecified atom stereocenters. The van der Waals surface area contributed by atoms with Crippen LogP contribution < -0.4 is 10.8 Å². The molecule has 2 aliphatic rings. The van der Waals surface area contributed by atoms with Crippen molar-refractivity contribution in [1.29, 1.82) is 0 Å². The van der Waals surface area contributed by atoms with E-state index in [-0.39, 0.29) is 11.3 Å². The number of β-lactam (4-membered cyclic amide) rings is 1. The number of hydrogen-bond acceptors (Lipinski definition) is 5. The predicted octanol–water partition coefficient (Wildman–Crippen LogP) is -1.87. The van der Waals surface area contributed by atoms with E-state index in [1.54, 1.807) is 13.8 Å². The Morgan fingerprint density at radius 2 is 2.21 bits per heavy atom. The van der Waals surface area contributed by atoms with Gasteiger partial charge in [-0.25, -0.2) is 0 Å². The Kier molecular flexibility index (Phi) is 1.84. The lowest BCUT2D eigenvalue weighted by molar-refractivity contribution is -0.312. The van der Waals surface area contributed by atoms with Gasteiger partial charge >= 0.3 is 0 Å². The Bertz CT molecular complexity index is 318. The third kappa shape index (κ3) is 1.01. The number of carbonyl (C=O) groups excluding carboxylic acids is 2. The van der Waals surface area contributed by atoms with Gasteiger partial charge in [-0.2, -0.15) is 0 Å². The highest BCUT2D eigenvalue weighted by molar-refractivity contribution is 8.01. The first-order valence-electron chi connectivity index (χ1n) is 4.32. The van der Waals surface area contributed by atoms with Gasteiger partial charge in [-0.3, -0.25) is 4.79 Å². The molecule has 0 radical (unpaired) electrons. The van der Waals surface area contributed by atoms with Crippen LogP contribution in [-0.2, 0) is 9.59 Å². The molecule has 0 bridgehead atoms. The summed E-state index contributed by atoms with van der Waals surface area (Å²) in [5.74, 6) is -1.49. The minimum Gasteiger partial charge on any atom is -0.548 e. The average molecular weight is 215 g/mol. The lowest BCUT2D eigenvalue weighted by Gasteiger charge is -2.43. The number of nitrogens with two attached hydrogens (primary N) is 1. The monoisotopic (exact) mass is 215 g/mol. The maximum Gasteiger partial charge on any atom is 0.244 e. The summed E-state index contributed by atoms with van der Waals surface area (Å²) in [6, 6.07) is -1.41. The zero-order valence-electron chi connectivity index (χ0n) is 7.89. The van der Waals surface area contributed by atoms with Gasteiger partial charge in [0.1, 0.15) is 11.4 Å². The molecule has 0 saturated carbocycles. The lowest BCUT2D eigenvalue weighted by Crippen LogP contribution is -2.70. The van der Waals surface area contributed by atoms with Gasteiger partial charge in [-0.05, 0) is 13.8 Å². The summed E-state index contributed by atoms with van der Waals surface area (Å²) in [7, 11) is 0. The summed E-state index contributed by atoms with van der Waals surface area (Å²) in [6.07, 6.45) is 0. The van der Waals surface area contributed by atoms with E-state index in [1.165, 1.54) is 16.7 Å². The van der Waals surface area contributed by atoms with E-state index in [4.69, 9.17) is 5.73 Å².